The van der Waals surface area contributed by atoms with Crippen molar-refractivity contribution in [1.82, 2.24) is 18.8 Å². The van der Waals surface area contributed by atoms with Gasteiger partial charge in [0.15, 0.2) is 11.6 Å². The zero-order valence-electron chi connectivity index (χ0n) is 22.6. The van der Waals surface area contributed by atoms with Gasteiger partial charge in [-0.05, 0) is 51.3 Å². The van der Waals surface area contributed by atoms with Gasteiger partial charge in [0, 0.05) is 36.1 Å². The highest BCUT2D eigenvalue weighted by Crippen LogP contribution is 2.36. The van der Waals surface area contributed by atoms with Crippen molar-refractivity contribution in [2.45, 2.75) is 18.8 Å². The van der Waals surface area contributed by atoms with E-state index < -0.39 is 0 Å². The standard InChI is InChI=1S/C31H29BrN6OS.2ClH/c32-27-17-25(36-31-30-28(34-22-35-31)13-15-37(30)16-14-33)11-12-29(27)39-26-19-38(18-23-7-3-1-4-8-23)40(21-26)20-24-9-5-2-6-10-24;;/h1-13,15,17,19,21-22H,14,16,18,20,33H2,(H,34,35,36);2*1H. The second-order valence-corrected chi connectivity index (χ2v) is 12.0. The van der Waals surface area contributed by atoms with Gasteiger partial charge in [-0.3, -0.25) is 0 Å². The van der Waals surface area contributed by atoms with Gasteiger partial charge >= 0.3 is 0 Å². The molecule has 2 aromatic heterocycles. The van der Waals surface area contributed by atoms with E-state index in [1.165, 1.54) is 11.1 Å². The summed E-state index contributed by atoms with van der Waals surface area (Å²) in [7, 11) is -0.134. The zero-order valence-corrected chi connectivity index (χ0v) is 26.6. The van der Waals surface area contributed by atoms with E-state index in [1.807, 2.05) is 30.5 Å². The van der Waals surface area contributed by atoms with E-state index in [4.69, 9.17) is 10.5 Å². The van der Waals surface area contributed by atoms with Crippen LogP contribution < -0.4 is 15.8 Å². The second-order valence-electron chi connectivity index (χ2n) is 9.37. The molecule has 3 N–H and O–H groups in total. The van der Waals surface area contributed by atoms with Crippen LogP contribution in [-0.4, -0.2) is 30.8 Å². The van der Waals surface area contributed by atoms with Crippen molar-refractivity contribution >= 4 is 79.3 Å². The van der Waals surface area contributed by atoms with Gasteiger partial charge in [-0.25, -0.2) is 9.97 Å². The maximum absolute atomic E-state index is 6.41. The van der Waals surface area contributed by atoms with Crippen LogP contribution in [-0.2, 0) is 18.8 Å². The van der Waals surface area contributed by atoms with Crippen LogP contribution in [0.25, 0.3) is 11.0 Å². The SMILES string of the molecule is Cl.Cl.NCCn1ccc2ncnc(Nc3ccc(OC4=CN(Cc5ccccc5)S(Cc5ccccc5)=C4)c(Br)c3)c21. The smallest absolute Gasteiger partial charge is 0.158 e. The lowest BCUT2D eigenvalue weighted by molar-refractivity contribution is 0.443. The summed E-state index contributed by atoms with van der Waals surface area (Å²) < 4.78 is 11.7. The highest BCUT2D eigenvalue weighted by atomic mass is 79.9. The number of hydrogen-bond donors (Lipinski definition) is 2. The second kappa shape index (κ2) is 14.7. The van der Waals surface area contributed by atoms with Crippen molar-refractivity contribution < 1.29 is 4.74 Å². The zero-order chi connectivity index (χ0) is 27.3. The Bertz CT molecular complexity index is 1700. The van der Waals surface area contributed by atoms with Crippen LogP contribution >= 0.6 is 51.4 Å². The fourth-order valence-corrected chi connectivity index (χ4v) is 6.94. The number of ether oxygens (including phenoxy) is 1. The first kappa shape index (κ1) is 31.6. The Morgan fingerprint density at radius 2 is 1.64 bits per heavy atom. The third-order valence-electron chi connectivity index (χ3n) is 6.51. The molecule has 0 spiro atoms. The van der Waals surface area contributed by atoms with Gasteiger partial charge < -0.3 is 24.7 Å². The molecule has 218 valence electrons. The molecule has 5 aromatic rings. The molecule has 11 heteroatoms. The van der Waals surface area contributed by atoms with Crippen LogP contribution in [0.5, 0.6) is 5.75 Å². The number of aromatic nitrogens is 3. The lowest BCUT2D eigenvalue weighted by Crippen LogP contribution is -2.10. The summed E-state index contributed by atoms with van der Waals surface area (Å²) in [5.74, 6) is 3.25. The van der Waals surface area contributed by atoms with Gasteiger partial charge in [0.1, 0.15) is 17.6 Å². The van der Waals surface area contributed by atoms with Crippen LogP contribution in [0.1, 0.15) is 11.1 Å². The van der Waals surface area contributed by atoms with E-state index in [1.54, 1.807) is 6.33 Å². The van der Waals surface area contributed by atoms with E-state index in [9.17, 15) is 0 Å². The largest absolute Gasteiger partial charge is 0.454 e. The predicted molar refractivity (Wildman–Crippen MR) is 183 cm³/mol. The molecule has 7 nitrogen and oxygen atoms in total. The predicted octanol–water partition coefficient (Wildman–Crippen LogP) is 7.66. The highest BCUT2D eigenvalue weighted by Gasteiger charge is 2.18. The van der Waals surface area contributed by atoms with E-state index in [0.29, 0.717) is 13.1 Å². The minimum absolute atomic E-state index is 0. The highest BCUT2D eigenvalue weighted by molar-refractivity contribution is 9.10. The Kier molecular flexibility index (Phi) is 11.1. The molecule has 42 heavy (non-hydrogen) atoms. The molecule has 0 saturated carbocycles. The summed E-state index contributed by atoms with van der Waals surface area (Å²) in [6, 6.07) is 29.1. The van der Waals surface area contributed by atoms with Gasteiger partial charge in [0.2, 0.25) is 0 Å². The van der Waals surface area contributed by atoms with E-state index in [2.05, 4.69) is 112 Å². The molecule has 6 rings (SSSR count). The molecule has 1 unspecified atom stereocenters. The number of rotatable bonds is 10. The molecule has 3 aromatic carbocycles. The van der Waals surface area contributed by atoms with Gasteiger partial charge in [0.25, 0.3) is 0 Å². The summed E-state index contributed by atoms with van der Waals surface area (Å²) >= 11 is 3.72. The molecule has 0 bridgehead atoms. The van der Waals surface area contributed by atoms with Crippen molar-refractivity contribution in [3.8, 4) is 5.75 Å². The van der Waals surface area contributed by atoms with Crippen molar-refractivity contribution in [3.05, 3.63) is 125 Å². The summed E-state index contributed by atoms with van der Waals surface area (Å²) in [4.78, 5) is 8.87. The number of hydrogen-bond acceptors (Lipinski definition) is 6. The average Bonchev–Trinajstić information content (AvgIpc) is 3.55. The third kappa shape index (κ3) is 7.35. The molecule has 0 saturated heterocycles. The molecular weight excluding hydrogens is 655 g/mol. The summed E-state index contributed by atoms with van der Waals surface area (Å²) in [6.07, 6.45) is 5.68. The molecule has 0 fully saturated rings. The fraction of sp³-hybridized carbons (Fsp3) is 0.129. The summed E-state index contributed by atoms with van der Waals surface area (Å²) in [5.41, 5.74) is 11.1. The molecule has 1 aliphatic rings. The van der Waals surface area contributed by atoms with Crippen molar-refractivity contribution in [1.29, 1.82) is 0 Å². The monoisotopic (exact) mass is 684 g/mol. The van der Waals surface area contributed by atoms with Crippen LogP contribution in [0, 0.1) is 0 Å². The van der Waals surface area contributed by atoms with Crippen LogP contribution in [0.3, 0.4) is 0 Å². The molecule has 0 radical (unpaired) electrons. The van der Waals surface area contributed by atoms with E-state index >= 15 is 0 Å². The first-order valence-corrected chi connectivity index (χ1v) is 15.2. The Hall–Kier alpha value is -3.34. The molecular formula is C31H31BrCl2N6OS. The fourth-order valence-electron chi connectivity index (χ4n) is 4.63. The number of allylic oxidation sites excluding steroid dienone is 1. The lowest BCUT2D eigenvalue weighted by atomic mass is 10.2. The third-order valence-corrected chi connectivity index (χ3v) is 9.10. The average molecular weight is 687 g/mol. The maximum Gasteiger partial charge on any atom is 0.158 e. The van der Waals surface area contributed by atoms with Crippen LogP contribution in [0.15, 0.2) is 114 Å². The first-order valence-electron chi connectivity index (χ1n) is 13.0. The molecule has 1 atom stereocenters. The molecule has 0 amide bonds. The maximum atomic E-state index is 6.41. The molecule has 3 heterocycles. The van der Waals surface area contributed by atoms with E-state index in [0.717, 1.165) is 50.8 Å². The number of nitrogens with one attached hydrogen (secondary N) is 1. The minimum atomic E-state index is -0.134. The van der Waals surface area contributed by atoms with Crippen molar-refractivity contribution in [2.24, 2.45) is 5.73 Å². The van der Waals surface area contributed by atoms with Gasteiger partial charge in [-0.15, -0.1) is 24.8 Å². The topological polar surface area (TPSA) is 81.2 Å². The van der Waals surface area contributed by atoms with Gasteiger partial charge in [-0.2, -0.15) is 0 Å². The Morgan fingerprint density at radius 3 is 2.36 bits per heavy atom. The van der Waals surface area contributed by atoms with Crippen LogP contribution in [0.2, 0.25) is 0 Å². The Labute approximate surface area is 268 Å². The van der Waals surface area contributed by atoms with Gasteiger partial charge in [-0.1, -0.05) is 71.3 Å². The number of fused-ring (bicyclic) bond motifs is 1. The number of benzene rings is 3. The number of halogens is 3. The number of nitrogens with zero attached hydrogens (tertiary/aromatic N) is 4. The Balaban J connectivity index is 0.00000202. The van der Waals surface area contributed by atoms with E-state index in [-0.39, 0.29) is 35.5 Å². The number of nitrogens with two attached hydrogens (primary N) is 1. The number of anilines is 2. The summed E-state index contributed by atoms with van der Waals surface area (Å²) in [6.45, 7) is 2.06. The van der Waals surface area contributed by atoms with Crippen molar-refractivity contribution in [2.75, 3.05) is 11.9 Å². The van der Waals surface area contributed by atoms with Gasteiger partial charge in [0.05, 0.1) is 22.7 Å². The quantitative estimate of drug-likeness (QED) is 0.147. The molecule has 0 aliphatic carbocycles. The summed E-state index contributed by atoms with van der Waals surface area (Å²) in [5, 5.41) is 5.67. The van der Waals surface area contributed by atoms with Crippen LogP contribution in [0.4, 0.5) is 11.5 Å². The Morgan fingerprint density at radius 1 is 0.905 bits per heavy atom. The first-order chi connectivity index (χ1) is 19.7. The van der Waals surface area contributed by atoms with Crippen molar-refractivity contribution in [3.63, 3.8) is 0 Å². The lowest BCUT2D eigenvalue weighted by Gasteiger charge is -2.21. The molecule has 1 aliphatic heterocycles. The normalized spacial score (nSPS) is 14.0. The minimum Gasteiger partial charge on any atom is -0.454 e.